The van der Waals surface area contributed by atoms with E-state index in [0.717, 1.165) is 58.4 Å². The molecule has 0 aromatic carbocycles. The highest BCUT2D eigenvalue weighted by atomic mass is 16.6. The molecular weight excluding hydrogens is 230 g/mol. The standard InChI is InChI=1S/C13H25N3O2/c1-2-3-10-18-12(17)16-8-4-13(5-9-16)11-14-6-7-15-13/h14-15H,2-11H2,1H3. The summed E-state index contributed by atoms with van der Waals surface area (Å²) in [6.45, 7) is 7.35. The number of piperidine rings is 1. The molecule has 0 atom stereocenters. The number of nitrogens with zero attached hydrogens (tertiary/aromatic N) is 1. The highest BCUT2D eigenvalue weighted by Gasteiger charge is 2.36. The Morgan fingerprint density at radius 2 is 2.11 bits per heavy atom. The van der Waals surface area contributed by atoms with Crippen molar-refractivity contribution >= 4 is 6.09 Å². The van der Waals surface area contributed by atoms with Gasteiger partial charge in [0, 0.05) is 38.3 Å². The smallest absolute Gasteiger partial charge is 0.409 e. The van der Waals surface area contributed by atoms with E-state index in [2.05, 4.69) is 17.6 Å². The van der Waals surface area contributed by atoms with Crippen LogP contribution >= 0.6 is 0 Å². The van der Waals surface area contributed by atoms with Crippen LogP contribution in [0.1, 0.15) is 32.6 Å². The Hall–Kier alpha value is -0.810. The summed E-state index contributed by atoms with van der Waals surface area (Å²) in [7, 11) is 0. The number of nitrogens with one attached hydrogen (secondary N) is 2. The van der Waals surface area contributed by atoms with E-state index in [0.29, 0.717) is 6.61 Å². The van der Waals surface area contributed by atoms with Crippen LogP contribution in [-0.2, 0) is 4.74 Å². The predicted molar refractivity (Wildman–Crippen MR) is 70.7 cm³/mol. The van der Waals surface area contributed by atoms with Crippen molar-refractivity contribution in [3.05, 3.63) is 0 Å². The average molecular weight is 255 g/mol. The molecule has 0 bridgehead atoms. The van der Waals surface area contributed by atoms with Gasteiger partial charge in [-0.3, -0.25) is 0 Å². The van der Waals surface area contributed by atoms with Gasteiger partial charge in [0.05, 0.1) is 6.61 Å². The molecule has 2 fully saturated rings. The Bertz CT molecular complexity index is 267. The molecule has 2 saturated heterocycles. The first-order chi connectivity index (χ1) is 8.76. The third-order valence-electron chi connectivity index (χ3n) is 3.97. The van der Waals surface area contributed by atoms with Crippen molar-refractivity contribution in [2.45, 2.75) is 38.1 Å². The molecule has 2 aliphatic heterocycles. The third kappa shape index (κ3) is 3.36. The second kappa shape index (κ2) is 6.38. The average Bonchev–Trinajstić information content (AvgIpc) is 2.41. The van der Waals surface area contributed by atoms with Crippen LogP contribution in [0.5, 0.6) is 0 Å². The minimum atomic E-state index is -0.137. The van der Waals surface area contributed by atoms with Crippen molar-refractivity contribution in [3.8, 4) is 0 Å². The molecule has 18 heavy (non-hydrogen) atoms. The van der Waals surface area contributed by atoms with Gasteiger partial charge in [-0.1, -0.05) is 13.3 Å². The molecule has 1 amide bonds. The SMILES string of the molecule is CCCCOC(=O)N1CCC2(CC1)CNCCN2. The lowest BCUT2D eigenvalue weighted by atomic mass is 9.86. The number of ether oxygens (including phenoxy) is 1. The molecule has 104 valence electrons. The molecule has 5 heteroatoms. The summed E-state index contributed by atoms with van der Waals surface area (Å²) in [4.78, 5) is 13.7. The lowest BCUT2D eigenvalue weighted by Crippen LogP contribution is -2.63. The largest absolute Gasteiger partial charge is 0.449 e. The van der Waals surface area contributed by atoms with E-state index in [1.54, 1.807) is 0 Å². The van der Waals surface area contributed by atoms with Crippen LogP contribution in [0, 0.1) is 0 Å². The van der Waals surface area contributed by atoms with Crippen molar-refractivity contribution in [3.63, 3.8) is 0 Å². The Labute approximate surface area is 109 Å². The minimum Gasteiger partial charge on any atom is -0.449 e. The zero-order valence-corrected chi connectivity index (χ0v) is 11.3. The van der Waals surface area contributed by atoms with Crippen LogP contribution in [0.3, 0.4) is 0 Å². The number of carbonyl (C=O) groups excluding carboxylic acids is 1. The Morgan fingerprint density at radius 3 is 2.72 bits per heavy atom. The molecule has 0 radical (unpaired) electrons. The molecule has 0 aromatic rings. The zero-order chi connectivity index (χ0) is 12.8. The molecule has 2 rings (SSSR count). The lowest BCUT2D eigenvalue weighted by Gasteiger charge is -2.44. The van der Waals surface area contributed by atoms with Crippen LogP contribution in [0.4, 0.5) is 4.79 Å². The van der Waals surface area contributed by atoms with Crippen molar-refractivity contribution in [2.24, 2.45) is 0 Å². The van der Waals surface area contributed by atoms with Gasteiger partial charge in [0.15, 0.2) is 0 Å². The second-order valence-electron chi connectivity index (χ2n) is 5.34. The monoisotopic (exact) mass is 255 g/mol. The van der Waals surface area contributed by atoms with E-state index in [1.165, 1.54) is 0 Å². The van der Waals surface area contributed by atoms with E-state index in [4.69, 9.17) is 4.74 Å². The number of rotatable bonds is 3. The van der Waals surface area contributed by atoms with E-state index < -0.39 is 0 Å². The fourth-order valence-corrected chi connectivity index (χ4v) is 2.67. The van der Waals surface area contributed by atoms with Crippen LogP contribution in [-0.4, -0.2) is 55.9 Å². The zero-order valence-electron chi connectivity index (χ0n) is 11.3. The maximum atomic E-state index is 11.8. The number of amides is 1. The molecule has 2 N–H and O–H groups in total. The van der Waals surface area contributed by atoms with Crippen molar-refractivity contribution in [2.75, 3.05) is 39.3 Å². The minimum absolute atomic E-state index is 0.137. The van der Waals surface area contributed by atoms with Crippen LogP contribution in [0.25, 0.3) is 0 Å². The number of piperazine rings is 1. The first kappa shape index (κ1) is 13.6. The molecule has 2 aliphatic rings. The van der Waals surface area contributed by atoms with Gasteiger partial charge in [-0.2, -0.15) is 0 Å². The number of hydrogen-bond acceptors (Lipinski definition) is 4. The summed E-state index contributed by atoms with van der Waals surface area (Å²) < 4.78 is 5.25. The molecule has 0 aliphatic carbocycles. The van der Waals surface area contributed by atoms with Crippen molar-refractivity contribution in [1.29, 1.82) is 0 Å². The first-order valence-corrected chi connectivity index (χ1v) is 7.13. The topological polar surface area (TPSA) is 53.6 Å². The van der Waals surface area contributed by atoms with E-state index >= 15 is 0 Å². The number of unbranched alkanes of at least 4 members (excludes halogenated alkanes) is 1. The number of carbonyl (C=O) groups is 1. The molecule has 2 heterocycles. The summed E-state index contributed by atoms with van der Waals surface area (Å²) in [6, 6.07) is 0. The Kier molecular flexibility index (Phi) is 4.83. The lowest BCUT2D eigenvalue weighted by molar-refractivity contribution is 0.0728. The third-order valence-corrected chi connectivity index (χ3v) is 3.97. The van der Waals surface area contributed by atoms with E-state index in [9.17, 15) is 4.79 Å². The molecular formula is C13H25N3O2. The van der Waals surface area contributed by atoms with Crippen LogP contribution < -0.4 is 10.6 Å². The van der Waals surface area contributed by atoms with E-state index in [1.807, 2.05) is 4.90 Å². The van der Waals surface area contributed by atoms with Gasteiger partial charge in [-0.25, -0.2) is 4.79 Å². The highest BCUT2D eigenvalue weighted by molar-refractivity contribution is 5.67. The van der Waals surface area contributed by atoms with Gasteiger partial charge in [-0.15, -0.1) is 0 Å². The summed E-state index contributed by atoms with van der Waals surface area (Å²) in [5.74, 6) is 0. The molecule has 0 saturated carbocycles. The number of likely N-dealkylation sites (tertiary alicyclic amines) is 1. The van der Waals surface area contributed by atoms with Gasteiger partial charge in [0.25, 0.3) is 0 Å². The summed E-state index contributed by atoms with van der Waals surface area (Å²) >= 11 is 0. The normalized spacial score (nSPS) is 23.1. The fraction of sp³-hybridized carbons (Fsp3) is 0.923. The first-order valence-electron chi connectivity index (χ1n) is 7.13. The van der Waals surface area contributed by atoms with Crippen LogP contribution in [0.2, 0.25) is 0 Å². The van der Waals surface area contributed by atoms with E-state index in [-0.39, 0.29) is 11.6 Å². The molecule has 1 spiro atoms. The van der Waals surface area contributed by atoms with Crippen molar-refractivity contribution < 1.29 is 9.53 Å². The van der Waals surface area contributed by atoms with Gasteiger partial charge in [-0.05, 0) is 19.3 Å². The van der Waals surface area contributed by atoms with Gasteiger partial charge < -0.3 is 20.3 Å². The fourth-order valence-electron chi connectivity index (χ4n) is 2.67. The van der Waals surface area contributed by atoms with Gasteiger partial charge in [0.2, 0.25) is 0 Å². The Balaban J connectivity index is 1.73. The maximum absolute atomic E-state index is 11.8. The second-order valence-corrected chi connectivity index (χ2v) is 5.34. The summed E-state index contributed by atoms with van der Waals surface area (Å²) in [5.41, 5.74) is 0.207. The summed E-state index contributed by atoms with van der Waals surface area (Å²) in [6.07, 6.45) is 3.91. The Morgan fingerprint density at radius 1 is 1.33 bits per heavy atom. The highest BCUT2D eigenvalue weighted by Crippen LogP contribution is 2.23. The summed E-state index contributed by atoms with van der Waals surface area (Å²) in [5, 5.41) is 7.04. The quantitative estimate of drug-likeness (QED) is 0.737. The molecule has 0 aromatic heterocycles. The van der Waals surface area contributed by atoms with Crippen LogP contribution in [0.15, 0.2) is 0 Å². The predicted octanol–water partition coefficient (Wildman–Crippen LogP) is 0.951. The van der Waals surface area contributed by atoms with Crippen molar-refractivity contribution in [1.82, 2.24) is 15.5 Å². The number of hydrogen-bond donors (Lipinski definition) is 2. The maximum Gasteiger partial charge on any atom is 0.409 e. The van der Waals surface area contributed by atoms with Gasteiger partial charge >= 0.3 is 6.09 Å². The molecule has 0 unspecified atom stereocenters. The van der Waals surface area contributed by atoms with Gasteiger partial charge in [0.1, 0.15) is 0 Å². The molecule has 5 nitrogen and oxygen atoms in total.